The summed E-state index contributed by atoms with van der Waals surface area (Å²) in [6.45, 7) is 0.776. The summed E-state index contributed by atoms with van der Waals surface area (Å²) in [5, 5.41) is 0. The smallest absolute Gasteiger partial charge is 0.234 e. The van der Waals surface area contributed by atoms with Crippen LogP contribution in [-0.4, -0.2) is 17.9 Å². The molecule has 2 aliphatic rings. The van der Waals surface area contributed by atoms with Crippen LogP contribution in [0.4, 0.5) is 0 Å². The summed E-state index contributed by atoms with van der Waals surface area (Å²) >= 11 is 5.23. The van der Waals surface area contributed by atoms with Crippen molar-refractivity contribution in [3.05, 3.63) is 20.3 Å². The van der Waals surface area contributed by atoms with Crippen LogP contribution in [0.5, 0.6) is 0 Å². The Morgan fingerprint density at radius 1 is 1.57 bits per heavy atom. The molecule has 0 unspecified atom stereocenters. The number of nitrogens with zero attached hydrogens (tertiary/aromatic N) is 1. The first-order valence-corrected chi connectivity index (χ1v) is 6.29. The van der Waals surface area contributed by atoms with Crippen LogP contribution in [0.3, 0.4) is 0 Å². The second kappa shape index (κ2) is 2.61. The summed E-state index contributed by atoms with van der Waals surface area (Å²) in [4.78, 5) is 15.2. The summed E-state index contributed by atoms with van der Waals surface area (Å²) in [7, 11) is 1.90. The van der Waals surface area contributed by atoms with E-state index in [1.54, 1.807) is 11.3 Å². The molecule has 1 aromatic heterocycles. The number of thiophene rings is 1. The fourth-order valence-electron chi connectivity index (χ4n) is 2.27. The minimum absolute atomic E-state index is 0.112. The highest BCUT2D eigenvalue weighted by Gasteiger charge is 2.56. The van der Waals surface area contributed by atoms with Crippen LogP contribution in [0.2, 0.25) is 0 Å². The molecule has 1 aromatic rings. The molecule has 2 heterocycles. The number of amides is 1. The number of carbonyl (C=O) groups excluding carboxylic acids is 1. The maximum atomic E-state index is 12.0. The van der Waals surface area contributed by atoms with Crippen molar-refractivity contribution in [2.45, 2.75) is 24.8 Å². The van der Waals surface area contributed by atoms with Gasteiger partial charge in [0, 0.05) is 18.5 Å². The SMILES string of the molecule is CN1Cc2cc(Br)sc2C2(CC2)C1=O. The lowest BCUT2D eigenvalue weighted by atomic mass is 9.95. The van der Waals surface area contributed by atoms with Crippen molar-refractivity contribution in [1.82, 2.24) is 4.90 Å². The van der Waals surface area contributed by atoms with E-state index in [2.05, 4.69) is 22.0 Å². The predicted molar refractivity (Wildman–Crippen MR) is 59.4 cm³/mol. The van der Waals surface area contributed by atoms with Gasteiger partial charge in [-0.05, 0) is 40.4 Å². The molecule has 4 heteroatoms. The molecular weight excluding hydrogens is 262 g/mol. The highest BCUT2D eigenvalue weighted by Crippen LogP contribution is 2.56. The van der Waals surface area contributed by atoms with E-state index < -0.39 is 0 Å². The van der Waals surface area contributed by atoms with E-state index in [9.17, 15) is 4.79 Å². The van der Waals surface area contributed by atoms with E-state index in [4.69, 9.17) is 0 Å². The van der Waals surface area contributed by atoms with Gasteiger partial charge in [0.25, 0.3) is 0 Å². The van der Waals surface area contributed by atoms with Crippen molar-refractivity contribution in [3.8, 4) is 0 Å². The molecule has 0 N–H and O–H groups in total. The molecule has 74 valence electrons. The maximum absolute atomic E-state index is 12.0. The average molecular weight is 272 g/mol. The van der Waals surface area contributed by atoms with E-state index in [0.29, 0.717) is 5.91 Å². The third kappa shape index (κ3) is 0.984. The molecule has 0 radical (unpaired) electrons. The van der Waals surface area contributed by atoms with Crippen molar-refractivity contribution in [1.29, 1.82) is 0 Å². The molecule has 0 atom stereocenters. The van der Waals surface area contributed by atoms with Gasteiger partial charge in [0.1, 0.15) is 0 Å². The first kappa shape index (κ1) is 8.92. The number of rotatable bonds is 0. The zero-order valence-corrected chi connectivity index (χ0v) is 10.2. The van der Waals surface area contributed by atoms with Crippen LogP contribution in [0.25, 0.3) is 0 Å². The predicted octanol–water partition coefficient (Wildman–Crippen LogP) is 2.51. The fraction of sp³-hybridized carbons (Fsp3) is 0.500. The molecule has 1 spiro atoms. The van der Waals surface area contributed by atoms with E-state index in [-0.39, 0.29) is 5.41 Å². The fourth-order valence-corrected chi connectivity index (χ4v) is 4.17. The van der Waals surface area contributed by atoms with Gasteiger partial charge in [-0.3, -0.25) is 4.79 Å². The van der Waals surface area contributed by atoms with Gasteiger partial charge in [-0.15, -0.1) is 11.3 Å². The normalized spacial score (nSPS) is 22.7. The first-order chi connectivity index (χ1) is 6.63. The van der Waals surface area contributed by atoms with Crippen molar-refractivity contribution in [2.75, 3.05) is 7.05 Å². The van der Waals surface area contributed by atoms with Crippen molar-refractivity contribution in [2.24, 2.45) is 0 Å². The summed E-state index contributed by atoms with van der Waals surface area (Å²) in [6, 6.07) is 2.16. The number of halogens is 1. The van der Waals surface area contributed by atoms with Gasteiger partial charge in [-0.2, -0.15) is 0 Å². The Bertz CT molecular complexity index is 422. The first-order valence-electron chi connectivity index (χ1n) is 4.68. The Morgan fingerprint density at radius 3 is 2.93 bits per heavy atom. The highest BCUT2D eigenvalue weighted by molar-refractivity contribution is 9.11. The minimum atomic E-state index is -0.112. The van der Waals surface area contributed by atoms with Crippen molar-refractivity contribution >= 4 is 33.2 Å². The second-order valence-electron chi connectivity index (χ2n) is 4.15. The minimum Gasteiger partial charge on any atom is -0.341 e. The number of fused-ring (bicyclic) bond motifs is 2. The summed E-state index contributed by atoms with van der Waals surface area (Å²) < 4.78 is 1.15. The molecule has 1 amide bonds. The van der Waals surface area contributed by atoms with Crippen molar-refractivity contribution in [3.63, 3.8) is 0 Å². The van der Waals surface area contributed by atoms with Gasteiger partial charge in [0.05, 0.1) is 9.20 Å². The number of hydrogen-bond donors (Lipinski definition) is 0. The standard InChI is InChI=1S/C10H10BrNOS/c1-12-5-6-4-7(11)14-8(6)10(2-3-10)9(12)13/h4H,2-3,5H2,1H3. The lowest BCUT2D eigenvalue weighted by molar-refractivity contribution is -0.134. The molecule has 1 aliphatic heterocycles. The van der Waals surface area contributed by atoms with Gasteiger partial charge in [-0.25, -0.2) is 0 Å². The molecular formula is C10H10BrNOS. The Kier molecular flexibility index (Phi) is 1.66. The van der Waals surface area contributed by atoms with Crippen LogP contribution in [-0.2, 0) is 16.8 Å². The Labute approximate surface area is 95.0 Å². The maximum Gasteiger partial charge on any atom is 0.234 e. The van der Waals surface area contributed by atoms with Gasteiger partial charge >= 0.3 is 0 Å². The number of likely N-dealkylation sites (N-methyl/N-ethyl adjacent to an activating group) is 1. The van der Waals surface area contributed by atoms with E-state index in [1.165, 1.54) is 10.4 Å². The summed E-state index contributed by atoms with van der Waals surface area (Å²) in [6.07, 6.45) is 2.08. The lowest BCUT2D eigenvalue weighted by Gasteiger charge is -2.29. The van der Waals surface area contributed by atoms with Gasteiger partial charge in [0.15, 0.2) is 0 Å². The van der Waals surface area contributed by atoms with Gasteiger partial charge < -0.3 is 4.90 Å². The molecule has 0 aromatic carbocycles. The monoisotopic (exact) mass is 271 g/mol. The molecule has 1 fully saturated rings. The molecule has 0 saturated heterocycles. The van der Waals surface area contributed by atoms with Crippen LogP contribution in [0.15, 0.2) is 9.85 Å². The van der Waals surface area contributed by atoms with Crippen LogP contribution < -0.4 is 0 Å². The summed E-state index contributed by atoms with van der Waals surface area (Å²) in [5.41, 5.74) is 1.22. The topological polar surface area (TPSA) is 20.3 Å². The molecule has 3 rings (SSSR count). The van der Waals surface area contributed by atoms with Crippen LogP contribution >= 0.6 is 27.3 Å². The number of carbonyl (C=O) groups is 1. The van der Waals surface area contributed by atoms with E-state index in [1.807, 2.05) is 11.9 Å². The van der Waals surface area contributed by atoms with Crippen LogP contribution in [0.1, 0.15) is 23.3 Å². The Balaban J connectivity index is 2.19. The quantitative estimate of drug-likeness (QED) is 0.710. The second-order valence-corrected chi connectivity index (χ2v) is 6.58. The van der Waals surface area contributed by atoms with Crippen molar-refractivity contribution < 1.29 is 4.79 Å². The highest BCUT2D eigenvalue weighted by atomic mass is 79.9. The zero-order chi connectivity index (χ0) is 9.92. The molecule has 14 heavy (non-hydrogen) atoms. The lowest BCUT2D eigenvalue weighted by Crippen LogP contribution is -2.40. The number of hydrogen-bond acceptors (Lipinski definition) is 2. The average Bonchev–Trinajstić information content (AvgIpc) is 2.84. The third-order valence-electron chi connectivity index (χ3n) is 3.13. The Morgan fingerprint density at radius 2 is 2.29 bits per heavy atom. The molecule has 0 bridgehead atoms. The summed E-state index contributed by atoms with van der Waals surface area (Å²) in [5.74, 6) is 0.319. The zero-order valence-electron chi connectivity index (χ0n) is 7.84. The van der Waals surface area contributed by atoms with Gasteiger partial charge in [-0.1, -0.05) is 0 Å². The largest absolute Gasteiger partial charge is 0.341 e. The van der Waals surface area contributed by atoms with Crippen LogP contribution in [0, 0.1) is 0 Å². The van der Waals surface area contributed by atoms with Gasteiger partial charge in [0.2, 0.25) is 5.91 Å². The molecule has 1 aliphatic carbocycles. The van der Waals surface area contributed by atoms with E-state index in [0.717, 1.165) is 23.2 Å². The third-order valence-corrected chi connectivity index (χ3v) is 5.01. The Hall–Kier alpha value is -0.350. The molecule has 2 nitrogen and oxygen atoms in total. The molecule has 1 saturated carbocycles. The van der Waals surface area contributed by atoms with E-state index >= 15 is 0 Å².